The Bertz CT molecular complexity index is 982. The molecule has 3 aromatic rings. The van der Waals surface area contributed by atoms with Crippen molar-refractivity contribution in [3.05, 3.63) is 57.4 Å². The lowest BCUT2D eigenvalue weighted by Crippen LogP contribution is -2.25. The Morgan fingerprint density at radius 1 is 1.15 bits per heavy atom. The number of nitrogens with one attached hydrogen (secondary N) is 2. The van der Waals surface area contributed by atoms with Crippen molar-refractivity contribution in [1.82, 2.24) is 25.0 Å². The van der Waals surface area contributed by atoms with E-state index in [9.17, 15) is 13.2 Å². The molecule has 0 fully saturated rings. The molecule has 8 nitrogen and oxygen atoms in total. The first-order valence-electron chi connectivity index (χ1n) is 7.47. The summed E-state index contributed by atoms with van der Waals surface area (Å²) < 4.78 is 26.8. The van der Waals surface area contributed by atoms with Crippen LogP contribution in [0.25, 0.3) is 0 Å². The Morgan fingerprint density at radius 2 is 2.00 bits per heavy atom. The number of thiophene rings is 1. The van der Waals surface area contributed by atoms with Crippen LogP contribution in [0.15, 0.2) is 40.3 Å². The standard InChI is InChI=1S/C15H15N5O3S3/c1-10-16-7-12(25-10)8-19-15(21)13-9-17-11(5-18-13)6-20-26(22,23)14-3-2-4-24-14/h2-5,7,9,20H,6,8H2,1H3,(H,19,21). The Morgan fingerprint density at radius 3 is 2.62 bits per heavy atom. The van der Waals surface area contributed by atoms with Crippen LogP contribution >= 0.6 is 22.7 Å². The van der Waals surface area contributed by atoms with Gasteiger partial charge < -0.3 is 5.32 Å². The van der Waals surface area contributed by atoms with Crippen molar-refractivity contribution in [1.29, 1.82) is 0 Å². The number of nitrogens with zero attached hydrogens (tertiary/aromatic N) is 3. The summed E-state index contributed by atoms with van der Waals surface area (Å²) in [5, 5.41) is 5.37. The fraction of sp³-hybridized carbons (Fsp3) is 0.200. The summed E-state index contributed by atoms with van der Waals surface area (Å²) in [6.45, 7) is 2.26. The maximum atomic E-state index is 12.1. The number of carbonyl (C=O) groups excluding carboxylic acids is 1. The van der Waals surface area contributed by atoms with Crippen molar-refractivity contribution in [2.45, 2.75) is 24.2 Å². The van der Waals surface area contributed by atoms with E-state index >= 15 is 0 Å². The van der Waals surface area contributed by atoms with E-state index in [1.54, 1.807) is 17.6 Å². The average molecular weight is 410 g/mol. The van der Waals surface area contributed by atoms with E-state index < -0.39 is 10.0 Å². The molecule has 0 saturated carbocycles. The van der Waals surface area contributed by atoms with Gasteiger partial charge in [0.15, 0.2) is 0 Å². The molecule has 1 amide bonds. The van der Waals surface area contributed by atoms with E-state index in [1.807, 2.05) is 6.92 Å². The summed E-state index contributed by atoms with van der Waals surface area (Å²) in [7, 11) is -3.56. The lowest BCUT2D eigenvalue weighted by molar-refractivity contribution is 0.0946. The van der Waals surface area contributed by atoms with Crippen LogP contribution in [-0.4, -0.2) is 29.3 Å². The number of aryl methyl sites for hydroxylation is 1. The van der Waals surface area contributed by atoms with Crippen LogP contribution in [0.5, 0.6) is 0 Å². The number of amides is 1. The molecule has 0 saturated heterocycles. The van der Waals surface area contributed by atoms with Crippen molar-refractivity contribution in [3.63, 3.8) is 0 Å². The van der Waals surface area contributed by atoms with Gasteiger partial charge in [-0.1, -0.05) is 6.07 Å². The maximum absolute atomic E-state index is 12.1. The number of hydrogen-bond donors (Lipinski definition) is 2. The maximum Gasteiger partial charge on any atom is 0.271 e. The number of thiazole rings is 1. The zero-order chi connectivity index (χ0) is 18.6. The molecular weight excluding hydrogens is 394 g/mol. The summed E-state index contributed by atoms with van der Waals surface area (Å²) in [5.74, 6) is -0.353. The van der Waals surface area contributed by atoms with E-state index in [-0.39, 0.29) is 22.4 Å². The molecule has 2 N–H and O–H groups in total. The molecule has 0 radical (unpaired) electrons. The number of carbonyl (C=O) groups is 1. The number of aromatic nitrogens is 3. The summed E-state index contributed by atoms with van der Waals surface area (Å²) in [6.07, 6.45) is 4.42. The molecule has 136 valence electrons. The zero-order valence-electron chi connectivity index (χ0n) is 13.7. The molecule has 0 aliphatic rings. The molecule has 0 spiro atoms. The smallest absolute Gasteiger partial charge is 0.271 e. The lowest BCUT2D eigenvalue weighted by atomic mass is 10.4. The van der Waals surface area contributed by atoms with Gasteiger partial charge in [-0.3, -0.25) is 9.78 Å². The summed E-state index contributed by atoms with van der Waals surface area (Å²) in [5.41, 5.74) is 0.580. The predicted octanol–water partition coefficient (Wildman–Crippen LogP) is 1.71. The van der Waals surface area contributed by atoms with Crippen LogP contribution in [-0.2, 0) is 23.1 Å². The minimum Gasteiger partial charge on any atom is -0.346 e. The molecule has 0 aromatic carbocycles. The number of sulfonamides is 1. The van der Waals surface area contributed by atoms with Crippen molar-refractivity contribution in [2.24, 2.45) is 0 Å². The number of hydrogen-bond acceptors (Lipinski definition) is 8. The highest BCUT2D eigenvalue weighted by atomic mass is 32.2. The van der Waals surface area contributed by atoms with Crippen LogP contribution in [0, 0.1) is 6.92 Å². The van der Waals surface area contributed by atoms with Gasteiger partial charge in [0.2, 0.25) is 10.0 Å². The Hall–Kier alpha value is -2.21. The molecular formula is C15H15N5O3S3. The summed E-state index contributed by atoms with van der Waals surface area (Å²) >= 11 is 2.64. The Kier molecular flexibility index (Phi) is 5.71. The predicted molar refractivity (Wildman–Crippen MR) is 98.4 cm³/mol. The van der Waals surface area contributed by atoms with Gasteiger partial charge in [0.25, 0.3) is 5.91 Å². The molecule has 3 rings (SSSR count). The van der Waals surface area contributed by atoms with Gasteiger partial charge in [0.05, 0.1) is 36.2 Å². The van der Waals surface area contributed by atoms with Gasteiger partial charge >= 0.3 is 0 Å². The van der Waals surface area contributed by atoms with Crippen molar-refractivity contribution < 1.29 is 13.2 Å². The van der Waals surface area contributed by atoms with Gasteiger partial charge in [0, 0.05) is 11.1 Å². The second-order valence-electron chi connectivity index (χ2n) is 5.18. The fourth-order valence-electron chi connectivity index (χ4n) is 1.96. The molecule has 0 aliphatic carbocycles. The third-order valence-electron chi connectivity index (χ3n) is 3.23. The summed E-state index contributed by atoms with van der Waals surface area (Å²) in [4.78, 5) is 25.3. The first-order valence-corrected chi connectivity index (χ1v) is 10.7. The Labute approximate surface area is 158 Å². The van der Waals surface area contributed by atoms with Gasteiger partial charge in [0.1, 0.15) is 9.90 Å². The van der Waals surface area contributed by atoms with Gasteiger partial charge in [-0.25, -0.2) is 23.1 Å². The third kappa shape index (κ3) is 4.69. The van der Waals surface area contributed by atoms with Gasteiger partial charge in [-0.15, -0.1) is 22.7 Å². The van der Waals surface area contributed by atoms with Crippen LogP contribution in [0.2, 0.25) is 0 Å². The minimum absolute atomic E-state index is 0.00469. The van der Waals surface area contributed by atoms with Crippen molar-refractivity contribution >= 4 is 38.6 Å². The molecule has 3 aromatic heterocycles. The first kappa shape index (κ1) is 18.6. The monoisotopic (exact) mass is 409 g/mol. The van der Waals surface area contributed by atoms with E-state index in [2.05, 4.69) is 25.0 Å². The average Bonchev–Trinajstić information content (AvgIpc) is 3.30. The molecule has 0 unspecified atom stereocenters. The van der Waals surface area contributed by atoms with Crippen LogP contribution in [0.1, 0.15) is 26.1 Å². The first-order chi connectivity index (χ1) is 12.4. The number of rotatable bonds is 7. The summed E-state index contributed by atoms with van der Waals surface area (Å²) in [6, 6.07) is 3.19. The highest BCUT2D eigenvalue weighted by molar-refractivity contribution is 7.91. The highest BCUT2D eigenvalue weighted by Gasteiger charge is 2.15. The molecule has 0 aliphatic heterocycles. The van der Waals surface area contributed by atoms with E-state index in [0.29, 0.717) is 12.2 Å². The molecule has 3 heterocycles. The molecule has 0 atom stereocenters. The Balaban J connectivity index is 1.55. The quantitative estimate of drug-likeness (QED) is 0.614. The van der Waals surface area contributed by atoms with Gasteiger partial charge in [-0.05, 0) is 18.4 Å². The second-order valence-corrected chi connectivity index (χ2v) is 9.44. The van der Waals surface area contributed by atoms with E-state index in [0.717, 1.165) is 21.2 Å². The van der Waals surface area contributed by atoms with Crippen LogP contribution < -0.4 is 10.0 Å². The highest BCUT2D eigenvalue weighted by Crippen LogP contribution is 2.15. The minimum atomic E-state index is -3.56. The topological polar surface area (TPSA) is 114 Å². The normalized spacial score (nSPS) is 11.4. The molecule has 11 heteroatoms. The zero-order valence-corrected chi connectivity index (χ0v) is 16.1. The van der Waals surface area contributed by atoms with E-state index in [4.69, 9.17) is 0 Å². The second kappa shape index (κ2) is 7.99. The molecule has 0 bridgehead atoms. The fourth-order valence-corrected chi connectivity index (χ4v) is 4.74. The lowest BCUT2D eigenvalue weighted by Gasteiger charge is -2.05. The van der Waals surface area contributed by atoms with Crippen LogP contribution in [0.4, 0.5) is 0 Å². The van der Waals surface area contributed by atoms with E-state index in [1.165, 1.54) is 29.8 Å². The SMILES string of the molecule is Cc1ncc(CNC(=O)c2cnc(CNS(=O)(=O)c3cccs3)cn2)s1. The third-order valence-corrected chi connectivity index (χ3v) is 6.94. The van der Waals surface area contributed by atoms with Crippen molar-refractivity contribution in [2.75, 3.05) is 0 Å². The largest absolute Gasteiger partial charge is 0.346 e. The van der Waals surface area contributed by atoms with Crippen molar-refractivity contribution in [3.8, 4) is 0 Å². The molecule has 26 heavy (non-hydrogen) atoms. The van der Waals surface area contributed by atoms with Crippen LogP contribution in [0.3, 0.4) is 0 Å². The van der Waals surface area contributed by atoms with Gasteiger partial charge in [-0.2, -0.15) is 0 Å².